The Bertz CT molecular complexity index is 562. The van der Waals surface area contributed by atoms with Gasteiger partial charge < -0.3 is 10.1 Å². The van der Waals surface area contributed by atoms with E-state index in [0.29, 0.717) is 23.2 Å². The van der Waals surface area contributed by atoms with Crippen LogP contribution in [0.15, 0.2) is 23.7 Å². The van der Waals surface area contributed by atoms with Crippen LogP contribution < -0.4 is 10.1 Å². The highest BCUT2D eigenvalue weighted by Gasteiger charge is 2.21. The third kappa shape index (κ3) is 3.32. The molecule has 3 nitrogen and oxygen atoms in total. The predicted molar refractivity (Wildman–Crippen MR) is 72.7 cm³/mol. The van der Waals surface area contributed by atoms with Crippen molar-refractivity contribution in [3.63, 3.8) is 0 Å². The Balaban J connectivity index is 1.67. The second-order valence-electron chi connectivity index (χ2n) is 4.76. The lowest BCUT2D eigenvalue weighted by atomic mass is 10.2. The molecule has 1 aliphatic rings. The van der Waals surface area contributed by atoms with Gasteiger partial charge in [-0.25, -0.2) is 13.8 Å². The molecule has 1 aliphatic carbocycles. The van der Waals surface area contributed by atoms with Crippen molar-refractivity contribution in [3.05, 3.63) is 45.9 Å². The SMILES string of the molecule is Fc1cc(CNC2CC2)cc(F)c1OCc1nccs1. The summed E-state index contributed by atoms with van der Waals surface area (Å²) in [5.41, 5.74) is 0.591. The molecule has 0 spiro atoms. The van der Waals surface area contributed by atoms with Crippen molar-refractivity contribution in [2.24, 2.45) is 0 Å². The van der Waals surface area contributed by atoms with Crippen molar-refractivity contribution in [1.82, 2.24) is 10.3 Å². The van der Waals surface area contributed by atoms with Gasteiger partial charge in [0.2, 0.25) is 0 Å². The van der Waals surface area contributed by atoms with Crippen molar-refractivity contribution >= 4 is 11.3 Å². The summed E-state index contributed by atoms with van der Waals surface area (Å²) in [6.07, 6.45) is 3.91. The molecule has 0 amide bonds. The fourth-order valence-electron chi connectivity index (χ4n) is 1.86. The maximum Gasteiger partial charge on any atom is 0.191 e. The summed E-state index contributed by atoms with van der Waals surface area (Å²) < 4.78 is 32.9. The van der Waals surface area contributed by atoms with Crippen LogP contribution >= 0.6 is 11.3 Å². The van der Waals surface area contributed by atoms with Crippen LogP contribution in [-0.2, 0) is 13.2 Å². The predicted octanol–water partition coefficient (Wildman–Crippen LogP) is 3.25. The van der Waals surface area contributed by atoms with Gasteiger partial charge in [-0.15, -0.1) is 11.3 Å². The maximum absolute atomic E-state index is 13.9. The van der Waals surface area contributed by atoms with Crippen LogP contribution in [-0.4, -0.2) is 11.0 Å². The first-order valence-electron chi connectivity index (χ1n) is 6.45. The van der Waals surface area contributed by atoms with E-state index in [1.807, 2.05) is 0 Å². The van der Waals surface area contributed by atoms with Gasteiger partial charge in [0, 0.05) is 24.2 Å². The number of hydrogen-bond donors (Lipinski definition) is 1. The Labute approximate surface area is 119 Å². The molecule has 106 valence electrons. The van der Waals surface area contributed by atoms with E-state index in [9.17, 15) is 8.78 Å². The van der Waals surface area contributed by atoms with Crippen molar-refractivity contribution in [1.29, 1.82) is 0 Å². The lowest BCUT2D eigenvalue weighted by Crippen LogP contribution is -2.15. The van der Waals surface area contributed by atoms with Crippen molar-refractivity contribution in [3.8, 4) is 5.75 Å². The smallest absolute Gasteiger partial charge is 0.191 e. The van der Waals surface area contributed by atoms with Crippen molar-refractivity contribution in [2.75, 3.05) is 0 Å². The van der Waals surface area contributed by atoms with Crippen LogP contribution in [0.2, 0.25) is 0 Å². The number of aromatic nitrogens is 1. The van der Waals surface area contributed by atoms with E-state index in [4.69, 9.17) is 4.74 Å². The quantitative estimate of drug-likeness (QED) is 0.888. The third-order valence-electron chi connectivity index (χ3n) is 3.05. The fraction of sp³-hybridized carbons (Fsp3) is 0.357. The Morgan fingerprint density at radius 1 is 1.30 bits per heavy atom. The standard InChI is InChI=1S/C14H14F2N2OS/c15-11-5-9(7-18-10-1-2-10)6-12(16)14(11)19-8-13-17-3-4-20-13/h3-6,10,18H,1-2,7-8H2. The molecule has 0 saturated heterocycles. The monoisotopic (exact) mass is 296 g/mol. The molecule has 1 N–H and O–H groups in total. The van der Waals surface area contributed by atoms with Crippen LogP contribution in [0.4, 0.5) is 8.78 Å². The minimum absolute atomic E-state index is 0.0746. The molecule has 3 rings (SSSR count). The van der Waals surface area contributed by atoms with E-state index in [-0.39, 0.29) is 12.4 Å². The first-order chi connectivity index (χ1) is 9.72. The molecule has 20 heavy (non-hydrogen) atoms. The Morgan fingerprint density at radius 3 is 2.65 bits per heavy atom. The van der Waals surface area contributed by atoms with Gasteiger partial charge in [0.1, 0.15) is 11.6 Å². The van der Waals surface area contributed by atoms with Gasteiger partial charge in [0.15, 0.2) is 17.4 Å². The molecule has 1 aromatic carbocycles. The number of rotatable bonds is 6. The number of thiazole rings is 1. The second-order valence-corrected chi connectivity index (χ2v) is 5.74. The molecule has 0 radical (unpaired) electrons. The summed E-state index contributed by atoms with van der Waals surface area (Å²) >= 11 is 1.38. The molecule has 1 aromatic heterocycles. The third-order valence-corrected chi connectivity index (χ3v) is 3.81. The van der Waals surface area contributed by atoms with E-state index in [1.54, 1.807) is 11.6 Å². The number of hydrogen-bond acceptors (Lipinski definition) is 4. The molecule has 0 aliphatic heterocycles. The number of benzene rings is 1. The van der Waals surface area contributed by atoms with Crippen LogP contribution in [0.1, 0.15) is 23.4 Å². The number of ether oxygens (including phenoxy) is 1. The van der Waals surface area contributed by atoms with Crippen LogP contribution in [0, 0.1) is 11.6 Å². The van der Waals surface area contributed by atoms with Crippen molar-refractivity contribution < 1.29 is 13.5 Å². The summed E-state index contributed by atoms with van der Waals surface area (Å²) in [7, 11) is 0. The van der Waals surface area contributed by atoms with Gasteiger partial charge >= 0.3 is 0 Å². The Hall–Kier alpha value is -1.53. The van der Waals surface area contributed by atoms with E-state index in [1.165, 1.54) is 23.5 Å². The van der Waals surface area contributed by atoms with E-state index in [2.05, 4.69) is 10.3 Å². The molecule has 2 aromatic rings. The highest BCUT2D eigenvalue weighted by molar-refractivity contribution is 7.09. The zero-order chi connectivity index (χ0) is 13.9. The highest BCUT2D eigenvalue weighted by Crippen LogP contribution is 2.25. The summed E-state index contributed by atoms with van der Waals surface area (Å²) in [4.78, 5) is 4.00. The molecule has 6 heteroatoms. The molecule has 1 fully saturated rings. The molecule has 0 bridgehead atoms. The Kier molecular flexibility index (Phi) is 3.93. The average molecular weight is 296 g/mol. The molecule has 1 saturated carbocycles. The molecule has 1 heterocycles. The second kappa shape index (κ2) is 5.85. The van der Waals surface area contributed by atoms with Gasteiger partial charge in [-0.2, -0.15) is 0 Å². The summed E-state index contributed by atoms with van der Waals surface area (Å²) in [6, 6.07) is 3.13. The molecular weight excluding hydrogens is 282 g/mol. The molecule has 0 unspecified atom stereocenters. The lowest BCUT2D eigenvalue weighted by Gasteiger charge is -2.09. The number of nitrogens with zero attached hydrogens (tertiary/aromatic N) is 1. The number of halogens is 2. The normalized spacial score (nSPS) is 14.5. The highest BCUT2D eigenvalue weighted by atomic mass is 32.1. The lowest BCUT2D eigenvalue weighted by molar-refractivity contribution is 0.273. The minimum atomic E-state index is -0.672. The Morgan fingerprint density at radius 2 is 2.05 bits per heavy atom. The van der Waals surface area contributed by atoms with Gasteiger partial charge in [-0.1, -0.05) is 0 Å². The van der Waals surface area contributed by atoms with Gasteiger partial charge in [-0.3, -0.25) is 0 Å². The van der Waals surface area contributed by atoms with Crippen LogP contribution in [0.5, 0.6) is 5.75 Å². The maximum atomic E-state index is 13.9. The summed E-state index contributed by atoms with van der Waals surface area (Å²) in [5.74, 6) is -1.68. The number of nitrogens with one attached hydrogen (secondary N) is 1. The minimum Gasteiger partial charge on any atom is -0.480 e. The largest absolute Gasteiger partial charge is 0.480 e. The van der Waals surface area contributed by atoms with Crippen LogP contribution in [0.3, 0.4) is 0 Å². The summed E-state index contributed by atoms with van der Waals surface area (Å²) in [6.45, 7) is 0.552. The van der Waals surface area contributed by atoms with E-state index in [0.717, 1.165) is 12.8 Å². The van der Waals surface area contributed by atoms with Gasteiger partial charge in [0.05, 0.1) is 0 Å². The zero-order valence-electron chi connectivity index (χ0n) is 10.7. The van der Waals surface area contributed by atoms with Crippen molar-refractivity contribution in [2.45, 2.75) is 32.0 Å². The first kappa shape index (κ1) is 13.5. The van der Waals surface area contributed by atoms with E-state index >= 15 is 0 Å². The first-order valence-corrected chi connectivity index (χ1v) is 7.33. The zero-order valence-corrected chi connectivity index (χ0v) is 11.6. The molecular formula is C14H14F2N2OS. The average Bonchev–Trinajstić information content (AvgIpc) is 3.10. The topological polar surface area (TPSA) is 34.1 Å². The summed E-state index contributed by atoms with van der Waals surface area (Å²) in [5, 5.41) is 5.69. The van der Waals surface area contributed by atoms with Gasteiger partial charge in [0.25, 0.3) is 0 Å². The van der Waals surface area contributed by atoms with Crippen LogP contribution in [0.25, 0.3) is 0 Å². The van der Waals surface area contributed by atoms with E-state index < -0.39 is 11.6 Å². The van der Waals surface area contributed by atoms with Gasteiger partial charge in [-0.05, 0) is 30.5 Å². The molecule has 0 atom stereocenters. The fourth-order valence-corrected chi connectivity index (χ4v) is 2.39.